The summed E-state index contributed by atoms with van der Waals surface area (Å²) in [5.41, 5.74) is 9.11. The highest BCUT2D eigenvalue weighted by Crippen LogP contribution is 2.44. The number of phenols is 1. The van der Waals surface area contributed by atoms with Gasteiger partial charge in [0.25, 0.3) is 11.8 Å². The number of hydrogen-bond donors (Lipinski definition) is 4. The number of nitrogens with one attached hydrogen (secondary N) is 1. The molecule has 20 nitrogen and oxygen atoms in total. The number of likely N-dealkylation sites (tertiary alicyclic amines) is 2. The summed E-state index contributed by atoms with van der Waals surface area (Å²) in [6.45, 7) is 23.8. The zero-order valence-electron chi connectivity index (χ0n) is 60.2. The van der Waals surface area contributed by atoms with E-state index < -0.39 is 18.5 Å². The lowest BCUT2D eigenvalue weighted by Crippen LogP contribution is -2.44. The number of nitrogens with zero attached hydrogens (tertiary/aromatic N) is 8. The second-order valence-corrected chi connectivity index (χ2v) is 27.0. The van der Waals surface area contributed by atoms with Crippen LogP contribution in [0.4, 0.5) is 17.1 Å². The summed E-state index contributed by atoms with van der Waals surface area (Å²) >= 11 is 0. The van der Waals surface area contributed by atoms with Crippen molar-refractivity contribution in [2.45, 2.75) is 99.8 Å². The second kappa shape index (κ2) is 40.8. The van der Waals surface area contributed by atoms with Gasteiger partial charge in [0.2, 0.25) is 0 Å². The van der Waals surface area contributed by atoms with Gasteiger partial charge in [0, 0.05) is 131 Å². The van der Waals surface area contributed by atoms with Crippen LogP contribution in [0.5, 0.6) is 28.7 Å². The summed E-state index contributed by atoms with van der Waals surface area (Å²) in [6.07, 6.45) is 21.8. The van der Waals surface area contributed by atoms with Gasteiger partial charge in [-0.25, -0.2) is 9.59 Å². The van der Waals surface area contributed by atoms with Crippen molar-refractivity contribution in [2.24, 2.45) is 16.2 Å². The van der Waals surface area contributed by atoms with Gasteiger partial charge in [-0.1, -0.05) is 42.8 Å². The summed E-state index contributed by atoms with van der Waals surface area (Å²) in [5, 5.41) is 29.4. The molecule has 0 radical (unpaired) electrons. The summed E-state index contributed by atoms with van der Waals surface area (Å²) < 4.78 is 21.0. The number of hydrogen-bond acceptors (Lipinski definition) is 16. The van der Waals surface area contributed by atoms with Crippen molar-refractivity contribution in [1.82, 2.24) is 30.1 Å². The van der Waals surface area contributed by atoms with Crippen LogP contribution >= 0.6 is 12.4 Å². The van der Waals surface area contributed by atoms with E-state index in [0.29, 0.717) is 46.9 Å². The van der Waals surface area contributed by atoms with E-state index in [1.165, 1.54) is 92.2 Å². The van der Waals surface area contributed by atoms with Crippen LogP contribution in [0.25, 0.3) is 0 Å². The number of pyridine rings is 3. The monoisotopic (exact) mass is 1440 g/mol. The Morgan fingerprint density at radius 2 is 0.692 bits per heavy atom. The third-order valence-corrected chi connectivity index (χ3v) is 19.9. The number of rotatable bonds is 15. The number of aliphatic carboxylic acids is 1. The molecule has 104 heavy (non-hydrogen) atoms. The molecule has 6 aliphatic rings. The number of aromatic carboxylic acids is 1. The summed E-state index contributed by atoms with van der Waals surface area (Å²) in [4.78, 5) is 70.3. The smallest absolute Gasteiger partial charge is 0.341 e. The predicted octanol–water partition coefficient (Wildman–Crippen LogP) is 14.9. The van der Waals surface area contributed by atoms with Crippen LogP contribution in [0.1, 0.15) is 128 Å². The number of aromatic nitrogens is 3. The van der Waals surface area contributed by atoms with Crippen LogP contribution in [-0.2, 0) is 4.79 Å². The molecule has 0 aliphatic carbocycles. The fourth-order valence-corrected chi connectivity index (χ4v) is 14.0. The molecular weight excluding hydrogens is 1330 g/mol. The Kier molecular flexibility index (Phi) is 31.9. The first kappa shape index (κ1) is 81.4. The van der Waals surface area contributed by atoms with Gasteiger partial charge in [0.05, 0.1) is 25.4 Å². The predicted molar refractivity (Wildman–Crippen MR) is 414 cm³/mol. The molecule has 3 spiro atoms. The van der Waals surface area contributed by atoms with Crippen molar-refractivity contribution in [1.29, 1.82) is 0 Å². The van der Waals surface area contributed by atoms with Crippen LogP contribution in [-0.4, -0.2) is 169 Å². The topological polar surface area (TPSA) is 233 Å². The lowest BCUT2D eigenvalue weighted by atomic mass is 9.77. The van der Waals surface area contributed by atoms with E-state index >= 15 is 0 Å². The number of anilines is 3. The molecule has 14 rings (SSSR count). The highest BCUT2D eigenvalue weighted by molar-refractivity contribution is 5.95. The third-order valence-electron chi connectivity index (χ3n) is 19.9. The Hall–Kier alpha value is -9.92. The molecule has 21 heteroatoms. The van der Waals surface area contributed by atoms with Crippen molar-refractivity contribution in [3.63, 3.8) is 0 Å². The highest BCUT2D eigenvalue weighted by Gasteiger charge is 2.43. The minimum absolute atomic E-state index is 0. The first-order valence-corrected chi connectivity index (χ1v) is 35.8. The second-order valence-electron chi connectivity index (χ2n) is 27.0. The quantitative estimate of drug-likeness (QED) is 0.0747. The highest BCUT2D eigenvalue weighted by atomic mass is 35.5. The van der Waals surface area contributed by atoms with Crippen molar-refractivity contribution < 1.29 is 53.4 Å². The van der Waals surface area contributed by atoms with Crippen molar-refractivity contribution >= 4 is 53.2 Å². The minimum Gasteiger partial charge on any atom is -0.508 e. The zero-order chi connectivity index (χ0) is 72.2. The zero-order valence-corrected chi connectivity index (χ0v) is 61.1. The number of aromatic hydroxyl groups is 1. The number of carboxylic acids is 2. The van der Waals surface area contributed by atoms with E-state index in [9.17, 15) is 19.2 Å². The first-order chi connectivity index (χ1) is 49.5. The molecule has 9 heterocycles. The van der Waals surface area contributed by atoms with Gasteiger partial charge >= 0.3 is 11.9 Å². The number of ether oxygens (including phenoxy) is 4. The van der Waals surface area contributed by atoms with E-state index in [1.54, 1.807) is 48.5 Å². The van der Waals surface area contributed by atoms with Crippen LogP contribution in [0.15, 0.2) is 195 Å². The molecule has 5 aromatic carbocycles. The Balaban J connectivity index is 0.000000184. The Labute approximate surface area is 620 Å². The van der Waals surface area contributed by atoms with E-state index in [4.69, 9.17) is 34.3 Å². The number of carbonyl (C=O) groups excluding carboxylic acids is 2. The van der Waals surface area contributed by atoms with Crippen LogP contribution < -0.4 is 39.0 Å². The van der Waals surface area contributed by atoms with Gasteiger partial charge < -0.3 is 64.1 Å². The first-order valence-electron chi connectivity index (χ1n) is 35.8. The van der Waals surface area contributed by atoms with Crippen molar-refractivity contribution in [2.75, 3.05) is 120 Å². The molecule has 0 atom stereocenters. The van der Waals surface area contributed by atoms with E-state index in [2.05, 4.69) is 78.3 Å². The molecule has 6 fully saturated rings. The summed E-state index contributed by atoms with van der Waals surface area (Å²) in [5.74, 6) is 1.45. The van der Waals surface area contributed by atoms with Gasteiger partial charge in [-0.05, 0) is 255 Å². The average molecular weight is 1440 g/mol. The molecular formula is C83H106ClN9O11. The average Bonchev–Trinajstić information content (AvgIpc) is 1.62. The summed E-state index contributed by atoms with van der Waals surface area (Å²) in [6, 6.07) is 48.2. The molecule has 3 aromatic heterocycles. The molecule has 4 N–H and O–H groups in total. The maximum Gasteiger partial charge on any atom is 0.341 e. The molecule has 6 aliphatic heterocycles. The molecule has 2 amide bonds. The van der Waals surface area contributed by atoms with Crippen LogP contribution in [0.3, 0.4) is 0 Å². The Morgan fingerprint density at radius 1 is 0.404 bits per heavy atom. The fraction of sp³-hybridized carbons (Fsp3) is 0.410. The lowest BCUT2D eigenvalue weighted by Gasteiger charge is -2.39. The fourth-order valence-electron chi connectivity index (χ4n) is 14.0. The normalized spacial score (nSPS) is 16.3. The maximum atomic E-state index is 12.8. The summed E-state index contributed by atoms with van der Waals surface area (Å²) in [7, 11) is 0. The van der Waals surface area contributed by atoms with Crippen LogP contribution in [0.2, 0.25) is 0 Å². The lowest BCUT2D eigenvalue weighted by molar-refractivity contribution is -0.139. The molecule has 0 bridgehead atoms. The third kappa shape index (κ3) is 24.4. The standard InChI is InChI=1S/C22H25N3O4.C22H27N3O2.C13H19N3.C9H10O3.C9H12O.C7H8O.CH4.ClH/c26-20(27)15-29-19-3-1-17(2-4-19)21(28)24-12-7-22(8-13-24)9-14-25(16-22)18-5-10-23-11-6-18;1-2-27-20-5-3-18(4-6-20)21(26)24-14-9-22(10-15-24)11-16-25(17-22)19-7-12-23-13-8-19;1-6-14-7-2-12(1)16-10-5-13(11-16)3-8-15-9-4-13;1-2-12-8-5-3-7(4-6-8)9(10)11;1-3-10-9-6-4-8(2)5-7-9;1-6-2-4-7(8)5-3-6;;/h1-6,10-11H,7-9,12-16H2,(H,26,27);3-8,12-13H,2,9-11,14-17H2,1H3;1-2,6-7,15H,3-5,8-11H2;3-6H,2H2,1H3,(H,10,11);4-7H,3H2,1-2H3;2-5,8H,1H3;1H4;1H. The Bertz CT molecular complexity index is 3800. The number of halogens is 1. The molecule has 0 saturated carbocycles. The Morgan fingerprint density at radius 3 is 1.00 bits per heavy atom. The van der Waals surface area contributed by atoms with Gasteiger partial charge in [-0.2, -0.15) is 0 Å². The minimum atomic E-state index is -1.03. The van der Waals surface area contributed by atoms with Crippen molar-refractivity contribution in [3.05, 3.63) is 223 Å². The number of aryl methyl sites for hydroxylation is 2. The molecule has 556 valence electrons. The van der Waals surface area contributed by atoms with Crippen LogP contribution in [0, 0.1) is 30.1 Å². The SMILES string of the molecule is C.CCOc1ccc(C(=O)N2CCC3(CC2)CCN(c2ccncc2)C3)cc1.CCOc1ccc(C(=O)O)cc1.CCOc1ccc(C)cc1.Cc1ccc(O)cc1.Cl.O=C(O)COc1ccc(C(=O)N2CCC3(CC2)CCN(c2ccncc2)C3)cc1.c1cc(N2CCC3(CCNCC3)C2)ccn1. The maximum absolute atomic E-state index is 12.8. The number of carbonyl (C=O) groups is 4. The number of carboxylic acid groups (broad SMARTS) is 2. The van der Waals surface area contributed by atoms with E-state index in [1.807, 2.05) is 135 Å². The molecule has 8 aromatic rings. The van der Waals surface area contributed by atoms with Crippen molar-refractivity contribution in [3.8, 4) is 28.7 Å². The number of amides is 2. The molecule has 6 saturated heterocycles. The van der Waals surface area contributed by atoms with Gasteiger partial charge in [-0.15, -0.1) is 12.4 Å². The largest absolute Gasteiger partial charge is 0.508 e. The van der Waals surface area contributed by atoms with E-state index in [0.717, 1.165) is 108 Å². The molecule has 0 unspecified atom stereocenters. The number of piperidine rings is 3. The number of phenolic OH excluding ortho intramolecular Hbond substituents is 1. The van der Waals surface area contributed by atoms with Gasteiger partial charge in [-0.3, -0.25) is 24.5 Å². The van der Waals surface area contributed by atoms with E-state index in [-0.39, 0.29) is 42.6 Å². The van der Waals surface area contributed by atoms with Gasteiger partial charge in [0.15, 0.2) is 6.61 Å². The number of benzene rings is 5. The van der Waals surface area contributed by atoms with Gasteiger partial charge in [0.1, 0.15) is 28.7 Å².